The third-order valence-electron chi connectivity index (χ3n) is 3.35. The van der Waals surface area contributed by atoms with E-state index < -0.39 is 0 Å². The van der Waals surface area contributed by atoms with Gasteiger partial charge in [-0.3, -0.25) is 0 Å². The number of halogens is 1. The van der Waals surface area contributed by atoms with Crippen LogP contribution in [0.4, 0.5) is 0 Å². The second-order valence-corrected chi connectivity index (χ2v) is 6.27. The van der Waals surface area contributed by atoms with Crippen LogP contribution >= 0.6 is 15.9 Å². The van der Waals surface area contributed by atoms with E-state index in [1.807, 2.05) is 10.7 Å². The molecule has 1 aromatic carbocycles. The molecule has 0 spiro atoms. The second kappa shape index (κ2) is 6.99. The van der Waals surface area contributed by atoms with E-state index in [0.29, 0.717) is 18.5 Å². The lowest BCUT2D eigenvalue weighted by atomic mass is 9.96. The molecule has 108 valence electrons. The highest BCUT2D eigenvalue weighted by atomic mass is 79.9. The monoisotopic (exact) mass is 336 g/mol. The predicted octanol–water partition coefficient (Wildman–Crippen LogP) is 2.98. The zero-order valence-corrected chi connectivity index (χ0v) is 13.5. The first-order valence-electron chi connectivity index (χ1n) is 6.93. The fourth-order valence-electron chi connectivity index (χ4n) is 2.35. The molecule has 0 aliphatic heterocycles. The zero-order chi connectivity index (χ0) is 14.5. The van der Waals surface area contributed by atoms with Crippen LogP contribution in [-0.2, 0) is 12.8 Å². The topological polar surface area (TPSA) is 56.7 Å². The lowest BCUT2D eigenvalue weighted by Crippen LogP contribution is -2.22. The Morgan fingerprint density at radius 3 is 2.75 bits per heavy atom. The average molecular weight is 337 g/mol. The van der Waals surface area contributed by atoms with Gasteiger partial charge in [-0.2, -0.15) is 5.10 Å². The molecule has 2 rings (SSSR count). The van der Waals surface area contributed by atoms with Crippen molar-refractivity contribution < 1.29 is 0 Å². The molecular formula is C15H21BrN4. The predicted molar refractivity (Wildman–Crippen MR) is 84.5 cm³/mol. The quantitative estimate of drug-likeness (QED) is 0.882. The van der Waals surface area contributed by atoms with E-state index in [2.05, 4.69) is 58.1 Å². The normalized spacial score (nSPS) is 12.8. The van der Waals surface area contributed by atoms with Gasteiger partial charge in [0.25, 0.3) is 0 Å². The third-order valence-corrected chi connectivity index (χ3v) is 3.85. The van der Waals surface area contributed by atoms with Gasteiger partial charge in [0.1, 0.15) is 12.2 Å². The summed E-state index contributed by atoms with van der Waals surface area (Å²) in [5.74, 6) is 1.40. The molecule has 4 nitrogen and oxygen atoms in total. The molecule has 0 amide bonds. The van der Waals surface area contributed by atoms with Gasteiger partial charge >= 0.3 is 0 Å². The highest BCUT2D eigenvalue weighted by molar-refractivity contribution is 9.10. The van der Waals surface area contributed by atoms with Crippen molar-refractivity contribution in [1.29, 1.82) is 0 Å². The standard InChI is InChI=1S/C15H21BrN4/c1-11(2)20-15(18-10-19-20)8-13(9-17)6-12-4-3-5-14(16)7-12/h3-5,7,10-11,13H,6,8-9,17H2,1-2H3. The van der Waals surface area contributed by atoms with Gasteiger partial charge < -0.3 is 5.73 Å². The van der Waals surface area contributed by atoms with Crippen molar-refractivity contribution >= 4 is 15.9 Å². The molecule has 0 fully saturated rings. The number of nitrogens with zero attached hydrogens (tertiary/aromatic N) is 3. The van der Waals surface area contributed by atoms with Gasteiger partial charge in [0.2, 0.25) is 0 Å². The fourth-order valence-corrected chi connectivity index (χ4v) is 2.79. The van der Waals surface area contributed by atoms with Crippen LogP contribution in [0, 0.1) is 5.92 Å². The molecule has 0 aliphatic rings. The maximum Gasteiger partial charge on any atom is 0.138 e. The van der Waals surface area contributed by atoms with Gasteiger partial charge in [-0.25, -0.2) is 9.67 Å². The number of hydrogen-bond acceptors (Lipinski definition) is 3. The minimum Gasteiger partial charge on any atom is -0.330 e. The summed E-state index contributed by atoms with van der Waals surface area (Å²) in [6, 6.07) is 8.72. The van der Waals surface area contributed by atoms with Crippen molar-refractivity contribution in [2.24, 2.45) is 11.7 Å². The van der Waals surface area contributed by atoms with Crippen LogP contribution in [0.25, 0.3) is 0 Å². The van der Waals surface area contributed by atoms with E-state index in [4.69, 9.17) is 5.73 Å². The van der Waals surface area contributed by atoms with Crippen LogP contribution in [0.2, 0.25) is 0 Å². The summed E-state index contributed by atoms with van der Waals surface area (Å²) >= 11 is 3.51. The Morgan fingerprint density at radius 1 is 1.30 bits per heavy atom. The largest absolute Gasteiger partial charge is 0.330 e. The Balaban J connectivity index is 2.07. The van der Waals surface area contributed by atoms with Crippen LogP contribution in [0.5, 0.6) is 0 Å². The molecule has 2 aromatic rings. The van der Waals surface area contributed by atoms with Crippen LogP contribution in [0.3, 0.4) is 0 Å². The zero-order valence-electron chi connectivity index (χ0n) is 12.0. The van der Waals surface area contributed by atoms with Crippen LogP contribution < -0.4 is 5.73 Å². The first kappa shape index (κ1) is 15.2. The minimum atomic E-state index is 0.330. The molecule has 0 bridgehead atoms. The Morgan fingerprint density at radius 2 is 2.10 bits per heavy atom. The summed E-state index contributed by atoms with van der Waals surface area (Å²) in [5, 5.41) is 4.28. The highest BCUT2D eigenvalue weighted by Gasteiger charge is 2.15. The Kier molecular flexibility index (Phi) is 5.31. The van der Waals surface area contributed by atoms with E-state index >= 15 is 0 Å². The van der Waals surface area contributed by atoms with E-state index in [1.54, 1.807) is 6.33 Å². The van der Waals surface area contributed by atoms with Gasteiger partial charge in [-0.15, -0.1) is 0 Å². The first-order chi connectivity index (χ1) is 9.60. The van der Waals surface area contributed by atoms with Crippen LogP contribution in [0.1, 0.15) is 31.3 Å². The van der Waals surface area contributed by atoms with E-state index in [0.717, 1.165) is 23.1 Å². The van der Waals surface area contributed by atoms with E-state index in [1.165, 1.54) is 5.56 Å². The van der Waals surface area contributed by atoms with Crippen molar-refractivity contribution in [3.8, 4) is 0 Å². The molecule has 0 aliphatic carbocycles. The second-order valence-electron chi connectivity index (χ2n) is 5.35. The van der Waals surface area contributed by atoms with E-state index in [-0.39, 0.29) is 0 Å². The molecular weight excluding hydrogens is 316 g/mol. The number of aromatic nitrogens is 3. The van der Waals surface area contributed by atoms with Crippen LogP contribution in [0.15, 0.2) is 35.1 Å². The third kappa shape index (κ3) is 3.90. The van der Waals surface area contributed by atoms with Gasteiger partial charge in [0.05, 0.1) is 0 Å². The van der Waals surface area contributed by atoms with Crippen molar-refractivity contribution in [3.63, 3.8) is 0 Å². The molecule has 5 heteroatoms. The molecule has 0 radical (unpaired) electrons. The molecule has 1 unspecified atom stereocenters. The highest BCUT2D eigenvalue weighted by Crippen LogP contribution is 2.18. The number of benzene rings is 1. The summed E-state index contributed by atoms with van der Waals surface area (Å²) in [7, 11) is 0. The smallest absolute Gasteiger partial charge is 0.138 e. The number of nitrogens with two attached hydrogens (primary N) is 1. The van der Waals surface area contributed by atoms with Crippen molar-refractivity contribution in [2.75, 3.05) is 6.54 Å². The van der Waals surface area contributed by atoms with E-state index in [9.17, 15) is 0 Å². The molecule has 0 saturated carbocycles. The molecule has 1 aromatic heterocycles. The lowest BCUT2D eigenvalue weighted by molar-refractivity contribution is 0.457. The van der Waals surface area contributed by atoms with Crippen molar-refractivity contribution in [2.45, 2.75) is 32.7 Å². The summed E-state index contributed by atoms with van der Waals surface area (Å²) in [5.41, 5.74) is 7.23. The Bertz CT molecular complexity index is 550. The lowest BCUT2D eigenvalue weighted by Gasteiger charge is -2.16. The first-order valence-corrected chi connectivity index (χ1v) is 7.72. The number of hydrogen-bond donors (Lipinski definition) is 1. The maximum absolute atomic E-state index is 5.93. The van der Waals surface area contributed by atoms with Gasteiger partial charge in [-0.05, 0) is 50.4 Å². The summed E-state index contributed by atoms with van der Waals surface area (Å²) in [6.45, 7) is 4.88. The van der Waals surface area contributed by atoms with Crippen molar-refractivity contribution in [3.05, 3.63) is 46.5 Å². The van der Waals surface area contributed by atoms with Gasteiger partial charge in [0, 0.05) is 16.9 Å². The fraction of sp³-hybridized carbons (Fsp3) is 0.467. The maximum atomic E-state index is 5.93. The molecule has 1 atom stereocenters. The summed E-state index contributed by atoms with van der Waals surface area (Å²) < 4.78 is 3.08. The van der Waals surface area contributed by atoms with Gasteiger partial charge in [-0.1, -0.05) is 28.1 Å². The Hall–Kier alpha value is -1.20. The molecule has 0 saturated heterocycles. The van der Waals surface area contributed by atoms with Crippen LogP contribution in [-0.4, -0.2) is 21.3 Å². The van der Waals surface area contributed by atoms with Gasteiger partial charge in [0.15, 0.2) is 0 Å². The summed E-state index contributed by atoms with van der Waals surface area (Å²) in [6.07, 6.45) is 3.45. The Labute approximate surface area is 128 Å². The summed E-state index contributed by atoms with van der Waals surface area (Å²) in [4.78, 5) is 4.37. The SMILES string of the molecule is CC(C)n1ncnc1CC(CN)Cc1cccc(Br)c1. The average Bonchev–Trinajstić information content (AvgIpc) is 2.86. The number of rotatable bonds is 6. The molecule has 1 heterocycles. The molecule has 2 N–H and O–H groups in total. The van der Waals surface area contributed by atoms with Crippen molar-refractivity contribution in [1.82, 2.24) is 14.8 Å². The molecule has 20 heavy (non-hydrogen) atoms. The minimum absolute atomic E-state index is 0.330.